The summed E-state index contributed by atoms with van der Waals surface area (Å²) in [5.41, 5.74) is 4.09. The van der Waals surface area contributed by atoms with E-state index in [-0.39, 0.29) is 64.4 Å². The van der Waals surface area contributed by atoms with Gasteiger partial charge in [-0.15, -0.1) is 0 Å². The SMILES string of the molecule is Cc1nc2c(F)c(-c3cccc(Cl)c3Cl)c(CCC#N)cc2c2c1cc(C1C3CC(CN(c4cc(C(F)F)ccn4)C3)N1C(=O)C1CC1)n2C1C2CNC1C2. The Morgan fingerprint density at radius 1 is 1.09 bits per heavy atom. The van der Waals surface area contributed by atoms with E-state index in [9.17, 15) is 18.8 Å². The summed E-state index contributed by atoms with van der Waals surface area (Å²) in [7, 11) is 0. The van der Waals surface area contributed by atoms with Crippen molar-refractivity contribution < 1.29 is 18.0 Å². The van der Waals surface area contributed by atoms with E-state index in [4.69, 9.17) is 28.2 Å². The summed E-state index contributed by atoms with van der Waals surface area (Å²) < 4.78 is 47.3. The van der Waals surface area contributed by atoms with E-state index in [1.165, 1.54) is 18.3 Å². The van der Waals surface area contributed by atoms with Crippen molar-refractivity contribution in [3.8, 4) is 17.2 Å². The van der Waals surface area contributed by atoms with Gasteiger partial charge in [0.05, 0.1) is 39.8 Å². The van der Waals surface area contributed by atoms with Gasteiger partial charge in [-0.1, -0.05) is 35.3 Å². The van der Waals surface area contributed by atoms with Crippen molar-refractivity contribution in [3.05, 3.63) is 87.0 Å². The molecule has 2 saturated carbocycles. The van der Waals surface area contributed by atoms with Gasteiger partial charge in [0, 0.05) is 89.0 Å². The van der Waals surface area contributed by atoms with E-state index in [2.05, 4.69) is 36.8 Å². The summed E-state index contributed by atoms with van der Waals surface area (Å²) in [6.45, 7) is 3.84. The molecule has 7 heterocycles. The van der Waals surface area contributed by atoms with Crippen molar-refractivity contribution in [2.24, 2.45) is 17.8 Å². The number of hydrogen-bond donors (Lipinski definition) is 1. The number of benzene rings is 2. The second-order valence-corrected chi connectivity index (χ2v) is 16.8. The molecule has 1 N–H and O–H groups in total. The molecule has 5 aromatic rings. The van der Waals surface area contributed by atoms with Crippen LogP contribution in [0.2, 0.25) is 10.0 Å². The van der Waals surface area contributed by atoms with Crippen LogP contribution < -0.4 is 10.2 Å². The van der Waals surface area contributed by atoms with Crippen molar-refractivity contribution >= 4 is 56.7 Å². The minimum Gasteiger partial charge on any atom is -0.354 e. The quantitative estimate of drug-likeness (QED) is 0.169. The summed E-state index contributed by atoms with van der Waals surface area (Å²) in [4.78, 5) is 28.0. The number of aromatic nitrogens is 3. The molecular formula is C42H38Cl2F3N7O. The lowest BCUT2D eigenvalue weighted by atomic mass is 9.79. The minimum atomic E-state index is -2.61. The van der Waals surface area contributed by atoms with E-state index < -0.39 is 12.2 Å². The van der Waals surface area contributed by atoms with Crippen LogP contribution in [0.15, 0.2) is 48.7 Å². The third kappa shape index (κ3) is 5.46. The first kappa shape index (κ1) is 35.1. The number of aryl methyl sites for hydroxylation is 2. The number of fused-ring (bicyclic) bond motifs is 6. The first-order valence-electron chi connectivity index (χ1n) is 19.1. The predicted octanol–water partition coefficient (Wildman–Crippen LogP) is 9.12. The van der Waals surface area contributed by atoms with Crippen LogP contribution in [-0.2, 0) is 11.2 Å². The number of piperidine rings is 1. The van der Waals surface area contributed by atoms with Crippen LogP contribution in [-0.4, -0.2) is 57.1 Å². The first-order chi connectivity index (χ1) is 26.6. The Hall–Kier alpha value is -4.37. The van der Waals surface area contributed by atoms with Crippen molar-refractivity contribution in [2.45, 2.75) is 76.0 Å². The number of alkyl halides is 2. The summed E-state index contributed by atoms with van der Waals surface area (Å²) in [5, 5.41) is 15.4. The Morgan fingerprint density at radius 3 is 2.65 bits per heavy atom. The minimum absolute atomic E-state index is 0.00577. The molecule has 282 valence electrons. The molecule has 0 spiro atoms. The Balaban J connectivity index is 1.19. The third-order valence-electron chi connectivity index (χ3n) is 12.9. The number of rotatable bonds is 8. The number of carbonyl (C=O) groups excluding carboxylic acids is 1. The van der Waals surface area contributed by atoms with Gasteiger partial charge in [0.1, 0.15) is 11.3 Å². The maximum absolute atomic E-state index is 17.3. The molecule has 0 radical (unpaired) electrons. The monoisotopic (exact) mass is 783 g/mol. The zero-order chi connectivity index (χ0) is 37.9. The second kappa shape index (κ2) is 13.1. The zero-order valence-corrected chi connectivity index (χ0v) is 31.6. The van der Waals surface area contributed by atoms with E-state index in [0.717, 1.165) is 48.8 Å². The van der Waals surface area contributed by atoms with Crippen molar-refractivity contribution in [1.82, 2.24) is 24.8 Å². The number of hydrogen-bond acceptors (Lipinski definition) is 6. The largest absolute Gasteiger partial charge is 0.354 e. The van der Waals surface area contributed by atoms with Gasteiger partial charge < -0.3 is 19.7 Å². The number of nitrogens with zero attached hydrogens (tertiary/aromatic N) is 6. The molecule has 4 bridgehead atoms. The molecule has 4 aliphatic heterocycles. The first-order valence-corrected chi connectivity index (χ1v) is 19.9. The lowest BCUT2D eigenvalue weighted by molar-refractivity contribution is -0.135. The van der Waals surface area contributed by atoms with Crippen LogP contribution in [0, 0.1) is 41.8 Å². The number of likely N-dealkylation sites (tertiary alicyclic amines) is 1. The number of anilines is 1. The summed E-state index contributed by atoms with van der Waals surface area (Å²) in [6.07, 6.45) is 2.85. The normalized spacial score (nSPS) is 25.6. The van der Waals surface area contributed by atoms with Crippen LogP contribution in [0.5, 0.6) is 0 Å². The van der Waals surface area contributed by atoms with Crippen LogP contribution in [0.3, 0.4) is 0 Å². The average molecular weight is 785 g/mol. The van der Waals surface area contributed by atoms with Gasteiger partial charge >= 0.3 is 0 Å². The van der Waals surface area contributed by atoms with Crippen molar-refractivity contribution in [3.63, 3.8) is 0 Å². The standard InChI is InChI=1S/C42H38Cl2F3N7O/c1-20-28-16-32(39-25-12-26(53(39)42(55)21-7-8-21)19-52(18-25)33-15-23(41(46)47)9-11-49-33)54(38-24-14-31(38)50-17-24)40(28)29-13-22(4-3-10-48)34(36(45)37(29)51-20)27-5-2-6-30(43)35(27)44/h2,5-6,9,11,13,15-16,21,24-26,31,38-39,41,50H,3-4,7-8,12,14,17-19H2,1H3. The highest BCUT2D eigenvalue weighted by Crippen LogP contribution is 2.54. The van der Waals surface area contributed by atoms with E-state index >= 15 is 4.39 Å². The topological polar surface area (TPSA) is 90.1 Å². The highest BCUT2D eigenvalue weighted by Gasteiger charge is 2.55. The van der Waals surface area contributed by atoms with E-state index in [1.807, 2.05) is 13.0 Å². The molecule has 13 heteroatoms. The number of pyridine rings is 2. The average Bonchev–Trinajstić information content (AvgIpc) is 3.46. The molecule has 6 unspecified atom stereocenters. The molecule has 1 amide bonds. The van der Waals surface area contributed by atoms with Crippen LogP contribution in [0.4, 0.5) is 19.0 Å². The molecule has 4 saturated heterocycles. The number of halogens is 5. The molecule has 8 nitrogen and oxygen atoms in total. The number of nitriles is 1. The van der Waals surface area contributed by atoms with Crippen LogP contribution in [0.1, 0.15) is 73.1 Å². The zero-order valence-electron chi connectivity index (χ0n) is 30.1. The molecule has 55 heavy (non-hydrogen) atoms. The van der Waals surface area contributed by atoms with Crippen molar-refractivity contribution in [2.75, 3.05) is 24.5 Å². The Morgan fingerprint density at radius 2 is 1.93 bits per heavy atom. The van der Waals surface area contributed by atoms with Gasteiger partial charge in [0.2, 0.25) is 5.91 Å². The van der Waals surface area contributed by atoms with Gasteiger partial charge in [-0.2, -0.15) is 5.26 Å². The number of nitrogens with one attached hydrogen (secondary N) is 1. The maximum atomic E-state index is 17.3. The van der Waals surface area contributed by atoms with E-state index in [1.54, 1.807) is 18.2 Å². The van der Waals surface area contributed by atoms with Gasteiger partial charge in [-0.25, -0.2) is 23.1 Å². The van der Waals surface area contributed by atoms with Gasteiger partial charge in [-0.05, 0) is 80.8 Å². The highest BCUT2D eigenvalue weighted by atomic mass is 35.5. The fourth-order valence-corrected chi connectivity index (χ4v) is 10.6. The lowest BCUT2D eigenvalue weighted by Gasteiger charge is -2.40. The molecular weight excluding hydrogens is 746 g/mol. The number of carbonyl (C=O) groups is 1. The highest BCUT2D eigenvalue weighted by molar-refractivity contribution is 6.43. The fraction of sp³-hybridized carbons (Fsp3) is 0.429. The predicted molar refractivity (Wildman–Crippen MR) is 206 cm³/mol. The Bertz CT molecular complexity index is 2450. The molecule has 11 rings (SSSR count). The van der Waals surface area contributed by atoms with Crippen molar-refractivity contribution in [1.29, 1.82) is 5.26 Å². The van der Waals surface area contributed by atoms with Gasteiger partial charge in [0.25, 0.3) is 6.43 Å². The second-order valence-electron chi connectivity index (χ2n) is 16.0. The molecule has 2 aliphatic carbocycles. The summed E-state index contributed by atoms with van der Waals surface area (Å²) in [5.74, 6) is 0.476. The summed E-state index contributed by atoms with van der Waals surface area (Å²) in [6, 6.07) is 14.3. The maximum Gasteiger partial charge on any atom is 0.264 e. The van der Waals surface area contributed by atoms with Gasteiger partial charge in [-0.3, -0.25) is 4.79 Å². The molecule has 6 aliphatic rings. The fourth-order valence-electron chi connectivity index (χ4n) is 10.2. The molecule has 3 aromatic heterocycles. The third-order valence-corrected chi connectivity index (χ3v) is 13.7. The number of amides is 1. The molecule has 6 atom stereocenters. The molecule has 2 aromatic carbocycles. The lowest BCUT2D eigenvalue weighted by Crippen LogP contribution is -2.45. The van der Waals surface area contributed by atoms with Gasteiger partial charge in [0.15, 0.2) is 5.82 Å². The Kier molecular flexibility index (Phi) is 8.36. The molecule has 6 fully saturated rings. The Labute approximate surface area is 326 Å². The van der Waals surface area contributed by atoms with Crippen LogP contribution in [0.25, 0.3) is 32.9 Å². The van der Waals surface area contributed by atoms with Crippen LogP contribution >= 0.6 is 23.2 Å². The smallest absolute Gasteiger partial charge is 0.264 e. The van der Waals surface area contributed by atoms with E-state index in [0.29, 0.717) is 64.0 Å². The summed E-state index contributed by atoms with van der Waals surface area (Å²) >= 11 is 13.1.